The van der Waals surface area contributed by atoms with Gasteiger partial charge in [0.25, 0.3) is 5.91 Å². The highest BCUT2D eigenvalue weighted by molar-refractivity contribution is 6.30. The summed E-state index contributed by atoms with van der Waals surface area (Å²) >= 11 is 5.57. The largest absolute Gasteiger partial charge is 0.454 e. The maximum absolute atomic E-state index is 13.3. The first-order valence-corrected chi connectivity index (χ1v) is 5.68. The van der Waals surface area contributed by atoms with Gasteiger partial charge < -0.3 is 16.2 Å². The molecule has 4 nitrogen and oxygen atoms in total. The van der Waals surface area contributed by atoms with E-state index in [-0.39, 0.29) is 27.8 Å². The molecular weight excluding hydrogens is 271 g/mol. The molecule has 0 saturated heterocycles. The van der Waals surface area contributed by atoms with E-state index in [9.17, 15) is 9.18 Å². The fraction of sp³-hybridized carbons (Fsp3) is 0. The van der Waals surface area contributed by atoms with Crippen LogP contribution in [0, 0.1) is 5.82 Å². The number of ether oxygens (including phenoxy) is 1. The van der Waals surface area contributed by atoms with Crippen LogP contribution >= 0.6 is 11.6 Å². The molecule has 6 heteroatoms. The summed E-state index contributed by atoms with van der Waals surface area (Å²) in [5.41, 5.74) is 11.3. The molecule has 0 aliphatic carbocycles. The number of benzene rings is 2. The second-order valence-corrected chi connectivity index (χ2v) is 4.17. The predicted octanol–water partition coefficient (Wildman–Crippen LogP) is 2.95. The SMILES string of the molecule is NC(=O)c1cccc(N)c1Oc1ccc(Cl)c(F)c1. The number of para-hydroxylation sites is 1. The van der Waals surface area contributed by atoms with Crippen LogP contribution in [0.15, 0.2) is 36.4 Å². The fourth-order valence-corrected chi connectivity index (χ4v) is 1.64. The summed E-state index contributed by atoms with van der Waals surface area (Å²) < 4.78 is 18.7. The number of primary amides is 1. The minimum atomic E-state index is -0.684. The van der Waals surface area contributed by atoms with Crippen molar-refractivity contribution in [2.75, 3.05) is 5.73 Å². The van der Waals surface area contributed by atoms with Crippen molar-refractivity contribution in [3.8, 4) is 11.5 Å². The van der Waals surface area contributed by atoms with Gasteiger partial charge >= 0.3 is 0 Å². The molecule has 1 amide bonds. The van der Waals surface area contributed by atoms with Gasteiger partial charge in [-0.3, -0.25) is 4.79 Å². The molecule has 98 valence electrons. The molecule has 0 aromatic heterocycles. The van der Waals surface area contributed by atoms with E-state index in [1.54, 1.807) is 12.1 Å². The Bertz CT molecular complexity index is 647. The van der Waals surface area contributed by atoms with Gasteiger partial charge in [0.05, 0.1) is 16.3 Å². The Morgan fingerprint density at radius 3 is 2.63 bits per heavy atom. The van der Waals surface area contributed by atoms with Gasteiger partial charge in [-0.1, -0.05) is 17.7 Å². The van der Waals surface area contributed by atoms with Gasteiger partial charge in [0, 0.05) is 6.07 Å². The Labute approximate surface area is 113 Å². The second-order valence-electron chi connectivity index (χ2n) is 3.77. The van der Waals surface area contributed by atoms with Crippen molar-refractivity contribution in [2.24, 2.45) is 5.73 Å². The number of hydrogen-bond acceptors (Lipinski definition) is 3. The molecule has 0 heterocycles. The van der Waals surface area contributed by atoms with Crippen LogP contribution in [0.3, 0.4) is 0 Å². The lowest BCUT2D eigenvalue weighted by Gasteiger charge is -2.11. The zero-order valence-corrected chi connectivity index (χ0v) is 10.4. The second kappa shape index (κ2) is 5.16. The normalized spacial score (nSPS) is 10.2. The zero-order chi connectivity index (χ0) is 14.0. The molecule has 0 radical (unpaired) electrons. The molecule has 0 aliphatic heterocycles. The monoisotopic (exact) mass is 280 g/mol. The Kier molecular flexibility index (Phi) is 3.57. The lowest BCUT2D eigenvalue weighted by Crippen LogP contribution is -2.13. The molecule has 0 unspecified atom stereocenters. The average Bonchev–Trinajstić information content (AvgIpc) is 2.36. The molecule has 0 fully saturated rings. The van der Waals surface area contributed by atoms with Crippen LogP contribution in [-0.2, 0) is 0 Å². The van der Waals surface area contributed by atoms with Gasteiger partial charge in [-0.05, 0) is 24.3 Å². The number of anilines is 1. The first-order valence-electron chi connectivity index (χ1n) is 5.30. The number of rotatable bonds is 3. The van der Waals surface area contributed by atoms with Gasteiger partial charge in [0.1, 0.15) is 11.6 Å². The minimum Gasteiger partial charge on any atom is -0.454 e. The smallest absolute Gasteiger partial charge is 0.252 e. The van der Waals surface area contributed by atoms with Gasteiger partial charge in [0.2, 0.25) is 0 Å². The van der Waals surface area contributed by atoms with Crippen LogP contribution in [0.1, 0.15) is 10.4 Å². The predicted molar refractivity (Wildman–Crippen MR) is 70.9 cm³/mol. The van der Waals surface area contributed by atoms with Crippen LogP contribution in [0.25, 0.3) is 0 Å². The molecule has 0 aliphatic rings. The Morgan fingerprint density at radius 1 is 1.26 bits per heavy atom. The number of amides is 1. The lowest BCUT2D eigenvalue weighted by atomic mass is 10.1. The molecule has 19 heavy (non-hydrogen) atoms. The van der Waals surface area contributed by atoms with Crippen LogP contribution in [0.5, 0.6) is 11.5 Å². The Balaban J connectivity index is 2.42. The summed E-state index contributed by atoms with van der Waals surface area (Å²) in [4.78, 5) is 11.3. The lowest BCUT2D eigenvalue weighted by molar-refractivity contribution is 0.0998. The molecule has 2 aromatic carbocycles. The van der Waals surface area contributed by atoms with Crippen molar-refractivity contribution in [1.82, 2.24) is 0 Å². The standard InChI is InChI=1S/C13H10ClFN2O2/c14-9-5-4-7(6-10(9)15)19-12-8(13(17)18)2-1-3-11(12)16/h1-6H,16H2,(H2,17,18). The number of halogens is 2. The third-order valence-corrected chi connectivity index (χ3v) is 2.73. The van der Waals surface area contributed by atoms with Gasteiger partial charge in [-0.2, -0.15) is 0 Å². The summed E-state index contributed by atoms with van der Waals surface area (Å²) in [6, 6.07) is 8.50. The molecule has 0 saturated carbocycles. The van der Waals surface area contributed by atoms with E-state index in [0.29, 0.717) is 0 Å². The third kappa shape index (κ3) is 2.77. The average molecular weight is 281 g/mol. The molecule has 0 atom stereocenters. The zero-order valence-electron chi connectivity index (χ0n) is 9.69. The van der Waals surface area contributed by atoms with E-state index in [1.807, 2.05) is 0 Å². The van der Waals surface area contributed by atoms with Crippen molar-refractivity contribution in [1.29, 1.82) is 0 Å². The van der Waals surface area contributed by atoms with E-state index < -0.39 is 11.7 Å². The topological polar surface area (TPSA) is 78.3 Å². The van der Waals surface area contributed by atoms with E-state index in [0.717, 1.165) is 6.07 Å². The van der Waals surface area contributed by atoms with Crippen LogP contribution in [0.2, 0.25) is 5.02 Å². The molecule has 2 rings (SSSR count). The summed E-state index contributed by atoms with van der Waals surface area (Å²) in [5, 5.41) is -0.0245. The number of nitrogens with two attached hydrogens (primary N) is 2. The van der Waals surface area contributed by atoms with Crippen LogP contribution < -0.4 is 16.2 Å². The van der Waals surface area contributed by atoms with Crippen molar-refractivity contribution in [3.05, 3.63) is 52.8 Å². The molecular formula is C13H10ClFN2O2. The molecule has 4 N–H and O–H groups in total. The highest BCUT2D eigenvalue weighted by Gasteiger charge is 2.14. The molecule has 0 spiro atoms. The van der Waals surface area contributed by atoms with Gasteiger partial charge in [-0.25, -0.2) is 4.39 Å². The third-order valence-electron chi connectivity index (χ3n) is 2.42. The first kappa shape index (κ1) is 13.2. The van der Waals surface area contributed by atoms with E-state index in [2.05, 4.69) is 0 Å². The summed E-state index contributed by atoms with van der Waals surface area (Å²) in [7, 11) is 0. The van der Waals surface area contributed by atoms with Crippen molar-refractivity contribution >= 4 is 23.2 Å². The number of nitrogen functional groups attached to an aromatic ring is 1. The number of carbonyl (C=O) groups is 1. The van der Waals surface area contributed by atoms with Crippen molar-refractivity contribution in [3.63, 3.8) is 0 Å². The maximum Gasteiger partial charge on any atom is 0.252 e. The number of hydrogen-bond donors (Lipinski definition) is 2. The summed E-state index contributed by atoms with van der Waals surface area (Å²) in [6.07, 6.45) is 0. The van der Waals surface area contributed by atoms with Crippen LogP contribution in [0.4, 0.5) is 10.1 Å². The highest BCUT2D eigenvalue weighted by Crippen LogP contribution is 2.32. The molecule has 2 aromatic rings. The Morgan fingerprint density at radius 2 is 2.00 bits per heavy atom. The van der Waals surface area contributed by atoms with Crippen molar-refractivity contribution < 1.29 is 13.9 Å². The minimum absolute atomic E-state index is 0.0245. The van der Waals surface area contributed by atoms with Crippen LogP contribution in [-0.4, -0.2) is 5.91 Å². The number of carbonyl (C=O) groups excluding carboxylic acids is 1. The van der Waals surface area contributed by atoms with E-state index >= 15 is 0 Å². The fourth-order valence-electron chi connectivity index (χ4n) is 1.52. The van der Waals surface area contributed by atoms with Gasteiger partial charge in [0.15, 0.2) is 5.75 Å². The Hall–Kier alpha value is -2.27. The van der Waals surface area contributed by atoms with E-state index in [1.165, 1.54) is 18.2 Å². The molecule has 0 bridgehead atoms. The highest BCUT2D eigenvalue weighted by atomic mass is 35.5. The summed E-state index contributed by atoms with van der Waals surface area (Å²) in [6.45, 7) is 0. The van der Waals surface area contributed by atoms with E-state index in [4.69, 9.17) is 27.8 Å². The van der Waals surface area contributed by atoms with Crippen molar-refractivity contribution in [2.45, 2.75) is 0 Å². The quantitative estimate of drug-likeness (QED) is 0.849. The first-order chi connectivity index (χ1) is 8.99. The summed E-state index contributed by atoms with van der Waals surface area (Å²) in [5.74, 6) is -1.05. The van der Waals surface area contributed by atoms with Gasteiger partial charge in [-0.15, -0.1) is 0 Å². The maximum atomic E-state index is 13.3.